The maximum absolute atomic E-state index is 13.0. The Balaban J connectivity index is 1.60. The fourth-order valence-electron chi connectivity index (χ4n) is 2.75. The lowest BCUT2D eigenvalue weighted by atomic mass is 10.1. The van der Waals surface area contributed by atoms with Gasteiger partial charge in [0, 0.05) is 44.4 Å². The maximum Gasteiger partial charge on any atom is 0.253 e. The van der Waals surface area contributed by atoms with Crippen LogP contribution >= 0.6 is 0 Å². The summed E-state index contributed by atoms with van der Waals surface area (Å²) in [6.45, 7) is 0.377. The molecule has 0 saturated heterocycles. The zero-order chi connectivity index (χ0) is 22.6. The van der Waals surface area contributed by atoms with Gasteiger partial charge in [-0.25, -0.2) is 22.1 Å². The van der Waals surface area contributed by atoms with Crippen LogP contribution < -0.4 is 10.9 Å². The molecule has 2 aromatic carbocycles. The van der Waals surface area contributed by atoms with Crippen molar-refractivity contribution in [1.82, 2.24) is 19.2 Å². The van der Waals surface area contributed by atoms with E-state index in [-0.39, 0.29) is 29.4 Å². The van der Waals surface area contributed by atoms with E-state index in [1.165, 1.54) is 79.6 Å². The monoisotopic (exact) mass is 444 g/mol. The summed E-state index contributed by atoms with van der Waals surface area (Å²) in [6, 6.07) is 12.6. The quantitative estimate of drug-likeness (QED) is 0.598. The van der Waals surface area contributed by atoms with Crippen molar-refractivity contribution >= 4 is 15.9 Å². The molecule has 31 heavy (non-hydrogen) atoms. The molecular formula is C21H21FN4O4S. The van der Waals surface area contributed by atoms with Crippen LogP contribution in [0.5, 0.6) is 0 Å². The van der Waals surface area contributed by atoms with Crippen LogP contribution in [0.15, 0.2) is 70.6 Å². The van der Waals surface area contributed by atoms with E-state index in [4.69, 9.17) is 0 Å². The van der Waals surface area contributed by atoms with Gasteiger partial charge in [0.25, 0.3) is 11.5 Å². The molecule has 1 heterocycles. The lowest BCUT2D eigenvalue weighted by molar-refractivity contribution is 0.0952. The molecular weight excluding hydrogens is 423 g/mol. The second-order valence-electron chi connectivity index (χ2n) is 6.88. The van der Waals surface area contributed by atoms with Gasteiger partial charge >= 0.3 is 0 Å². The van der Waals surface area contributed by atoms with Crippen molar-refractivity contribution in [3.05, 3.63) is 82.7 Å². The number of sulfonamides is 1. The van der Waals surface area contributed by atoms with Crippen LogP contribution in [0.4, 0.5) is 4.39 Å². The summed E-state index contributed by atoms with van der Waals surface area (Å²) in [6.07, 6.45) is 1.37. The van der Waals surface area contributed by atoms with Gasteiger partial charge in [-0.05, 0) is 48.5 Å². The smallest absolute Gasteiger partial charge is 0.253 e. The number of aromatic nitrogens is 2. The number of amides is 1. The van der Waals surface area contributed by atoms with Crippen LogP contribution in [0.1, 0.15) is 10.4 Å². The molecule has 1 N–H and O–H groups in total. The lowest BCUT2D eigenvalue weighted by Crippen LogP contribution is -2.30. The van der Waals surface area contributed by atoms with E-state index in [0.717, 1.165) is 4.31 Å². The Morgan fingerprint density at radius 2 is 1.74 bits per heavy atom. The molecule has 0 spiro atoms. The Labute approximate surface area is 179 Å². The van der Waals surface area contributed by atoms with Crippen molar-refractivity contribution < 1.29 is 17.6 Å². The Morgan fingerprint density at radius 1 is 1.10 bits per heavy atom. The molecule has 0 aliphatic carbocycles. The van der Waals surface area contributed by atoms with Crippen molar-refractivity contribution in [2.75, 3.05) is 20.6 Å². The summed E-state index contributed by atoms with van der Waals surface area (Å²) in [5.74, 6) is -0.764. The molecule has 0 bridgehead atoms. The Hall–Kier alpha value is -3.37. The van der Waals surface area contributed by atoms with Gasteiger partial charge in [0.2, 0.25) is 10.0 Å². The topological polar surface area (TPSA) is 101 Å². The van der Waals surface area contributed by atoms with Crippen molar-refractivity contribution in [3.8, 4) is 11.3 Å². The van der Waals surface area contributed by atoms with Gasteiger partial charge in [-0.2, -0.15) is 0 Å². The standard InChI is InChI=1S/C21H21FN4O4S/c1-25(2)31(29,30)18-9-5-16(6-10-18)21(28)23-11-12-26-14-24-19(13-20(26)27)15-3-7-17(22)8-4-15/h3-10,13-14H,11-12H2,1-2H3,(H,23,28). The number of hydrogen-bond donors (Lipinski definition) is 1. The largest absolute Gasteiger partial charge is 0.350 e. The van der Waals surface area contributed by atoms with Crippen LogP contribution in [0.3, 0.4) is 0 Å². The predicted molar refractivity (Wildman–Crippen MR) is 114 cm³/mol. The van der Waals surface area contributed by atoms with E-state index in [0.29, 0.717) is 16.8 Å². The fraction of sp³-hybridized carbons (Fsp3) is 0.190. The van der Waals surface area contributed by atoms with Crippen LogP contribution in [-0.4, -0.2) is 48.8 Å². The van der Waals surface area contributed by atoms with Gasteiger partial charge in [0.1, 0.15) is 5.82 Å². The Morgan fingerprint density at radius 3 is 2.32 bits per heavy atom. The van der Waals surface area contributed by atoms with E-state index < -0.39 is 15.9 Å². The molecule has 0 unspecified atom stereocenters. The summed E-state index contributed by atoms with van der Waals surface area (Å²) < 4.78 is 39.6. The van der Waals surface area contributed by atoms with Crippen LogP contribution in [-0.2, 0) is 16.6 Å². The second-order valence-corrected chi connectivity index (χ2v) is 9.03. The molecule has 0 saturated carbocycles. The lowest BCUT2D eigenvalue weighted by Gasteiger charge is -2.12. The van der Waals surface area contributed by atoms with Crippen molar-refractivity contribution in [3.63, 3.8) is 0 Å². The van der Waals surface area contributed by atoms with E-state index in [1.54, 1.807) is 0 Å². The average Bonchev–Trinajstić information content (AvgIpc) is 2.75. The van der Waals surface area contributed by atoms with E-state index in [1.807, 2.05) is 0 Å². The number of nitrogens with zero attached hydrogens (tertiary/aromatic N) is 3. The highest BCUT2D eigenvalue weighted by Crippen LogP contribution is 2.15. The highest BCUT2D eigenvalue weighted by molar-refractivity contribution is 7.89. The number of carbonyl (C=O) groups is 1. The number of halogens is 1. The van der Waals surface area contributed by atoms with Gasteiger partial charge in [-0.1, -0.05) is 0 Å². The van der Waals surface area contributed by atoms with E-state index in [9.17, 15) is 22.4 Å². The molecule has 0 radical (unpaired) electrons. The molecule has 0 fully saturated rings. The third-order valence-corrected chi connectivity index (χ3v) is 6.38. The summed E-state index contributed by atoms with van der Waals surface area (Å²) in [4.78, 5) is 28.9. The minimum Gasteiger partial charge on any atom is -0.350 e. The molecule has 0 atom stereocenters. The van der Waals surface area contributed by atoms with Gasteiger partial charge in [-0.3, -0.25) is 14.2 Å². The number of rotatable bonds is 7. The van der Waals surface area contributed by atoms with Crippen molar-refractivity contribution in [2.24, 2.45) is 0 Å². The number of benzene rings is 2. The first-order valence-electron chi connectivity index (χ1n) is 9.32. The molecule has 0 aliphatic heterocycles. The van der Waals surface area contributed by atoms with Gasteiger partial charge in [-0.15, -0.1) is 0 Å². The molecule has 10 heteroatoms. The molecule has 162 valence electrons. The normalized spacial score (nSPS) is 11.5. The average molecular weight is 444 g/mol. The third-order valence-electron chi connectivity index (χ3n) is 4.55. The van der Waals surface area contributed by atoms with E-state index >= 15 is 0 Å². The molecule has 1 aromatic heterocycles. The number of carbonyl (C=O) groups excluding carboxylic acids is 1. The minimum atomic E-state index is -3.56. The Bertz CT molecular complexity index is 1240. The molecule has 0 aliphatic rings. The number of nitrogens with one attached hydrogen (secondary N) is 1. The van der Waals surface area contributed by atoms with E-state index in [2.05, 4.69) is 10.3 Å². The maximum atomic E-state index is 13.0. The summed E-state index contributed by atoms with van der Waals surface area (Å²) in [7, 11) is -0.706. The van der Waals surface area contributed by atoms with Gasteiger partial charge < -0.3 is 5.32 Å². The van der Waals surface area contributed by atoms with Gasteiger partial charge in [0.05, 0.1) is 16.9 Å². The number of hydrogen-bond acceptors (Lipinski definition) is 5. The molecule has 3 rings (SSSR count). The van der Waals surface area contributed by atoms with Crippen LogP contribution in [0.25, 0.3) is 11.3 Å². The first-order chi connectivity index (χ1) is 14.7. The predicted octanol–water partition coefficient (Wildman–Crippen LogP) is 1.73. The first kappa shape index (κ1) is 22.3. The SMILES string of the molecule is CN(C)S(=O)(=O)c1ccc(C(=O)NCCn2cnc(-c3ccc(F)cc3)cc2=O)cc1. The highest BCUT2D eigenvalue weighted by atomic mass is 32.2. The summed E-state index contributed by atoms with van der Waals surface area (Å²) in [5, 5.41) is 2.68. The molecule has 1 amide bonds. The van der Waals surface area contributed by atoms with Crippen molar-refractivity contribution in [1.29, 1.82) is 0 Å². The fourth-order valence-corrected chi connectivity index (χ4v) is 3.66. The summed E-state index contributed by atoms with van der Waals surface area (Å²) >= 11 is 0. The first-order valence-corrected chi connectivity index (χ1v) is 10.8. The zero-order valence-corrected chi connectivity index (χ0v) is 17.8. The molecule has 8 nitrogen and oxygen atoms in total. The van der Waals surface area contributed by atoms with Gasteiger partial charge in [0.15, 0.2) is 0 Å². The van der Waals surface area contributed by atoms with Crippen molar-refractivity contribution in [2.45, 2.75) is 11.4 Å². The third kappa shape index (κ3) is 5.22. The molecule has 3 aromatic rings. The second kappa shape index (κ2) is 9.19. The zero-order valence-electron chi connectivity index (χ0n) is 16.9. The summed E-state index contributed by atoms with van der Waals surface area (Å²) in [5.41, 5.74) is 1.05. The minimum absolute atomic E-state index is 0.0907. The van der Waals surface area contributed by atoms with Crippen LogP contribution in [0.2, 0.25) is 0 Å². The van der Waals surface area contributed by atoms with Crippen LogP contribution in [0, 0.1) is 5.82 Å². The highest BCUT2D eigenvalue weighted by Gasteiger charge is 2.17. The Kier molecular flexibility index (Phi) is 6.62.